The van der Waals surface area contributed by atoms with Crippen molar-refractivity contribution < 1.29 is 9.84 Å². The molecule has 0 aliphatic heterocycles. The smallest absolute Gasteiger partial charge is 0.0793 e. The molecule has 0 spiro atoms. The van der Waals surface area contributed by atoms with Crippen molar-refractivity contribution in [3.8, 4) is 0 Å². The summed E-state index contributed by atoms with van der Waals surface area (Å²) in [5, 5.41) is 10.4. The van der Waals surface area contributed by atoms with E-state index in [0.29, 0.717) is 5.92 Å². The maximum absolute atomic E-state index is 10.4. The van der Waals surface area contributed by atoms with Gasteiger partial charge in [-0.2, -0.15) is 0 Å². The standard InChI is InChI=1S/C16H24O2/c1-12(18-2)10-11-16(17)15-9-4-3-8-14(15)13-6-5-7-13/h3-4,8-9,12-13,16-17H,5-7,10-11H2,1-2H3. The Labute approximate surface area is 110 Å². The zero-order chi connectivity index (χ0) is 13.0. The predicted octanol–water partition coefficient (Wildman–Crippen LogP) is 3.80. The molecule has 1 saturated carbocycles. The van der Waals surface area contributed by atoms with Gasteiger partial charge in [0.25, 0.3) is 0 Å². The molecule has 1 aromatic carbocycles. The Morgan fingerprint density at radius 1 is 1.28 bits per heavy atom. The highest BCUT2D eigenvalue weighted by Crippen LogP contribution is 2.40. The van der Waals surface area contributed by atoms with E-state index in [9.17, 15) is 5.11 Å². The van der Waals surface area contributed by atoms with Gasteiger partial charge in [-0.05, 0) is 49.7 Å². The Morgan fingerprint density at radius 2 is 2.00 bits per heavy atom. The molecule has 0 heterocycles. The maximum atomic E-state index is 10.4. The van der Waals surface area contributed by atoms with Crippen LogP contribution in [0.1, 0.15) is 62.2 Å². The van der Waals surface area contributed by atoms with Gasteiger partial charge in [-0.15, -0.1) is 0 Å². The van der Waals surface area contributed by atoms with Gasteiger partial charge >= 0.3 is 0 Å². The summed E-state index contributed by atoms with van der Waals surface area (Å²) in [5.41, 5.74) is 2.49. The second-order valence-corrected chi connectivity index (χ2v) is 5.40. The van der Waals surface area contributed by atoms with E-state index in [1.807, 2.05) is 13.0 Å². The predicted molar refractivity (Wildman–Crippen MR) is 73.7 cm³/mol. The lowest BCUT2D eigenvalue weighted by Crippen LogP contribution is -2.14. The SMILES string of the molecule is COC(C)CCC(O)c1ccccc1C1CCC1. The Bertz CT molecular complexity index is 371. The monoisotopic (exact) mass is 248 g/mol. The van der Waals surface area contributed by atoms with E-state index in [4.69, 9.17) is 4.74 Å². The maximum Gasteiger partial charge on any atom is 0.0793 e. The van der Waals surface area contributed by atoms with Gasteiger partial charge in [-0.3, -0.25) is 0 Å². The summed E-state index contributed by atoms with van der Waals surface area (Å²) in [6.07, 6.45) is 5.43. The third-order valence-corrected chi connectivity index (χ3v) is 4.15. The van der Waals surface area contributed by atoms with Crippen molar-refractivity contribution in [1.29, 1.82) is 0 Å². The fourth-order valence-electron chi connectivity index (χ4n) is 2.57. The molecule has 1 aliphatic carbocycles. The number of rotatable bonds is 6. The minimum Gasteiger partial charge on any atom is -0.388 e. The van der Waals surface area contributed by atoms with Gasteiger partial charge in [-0.1, -0.05) is 30.7 Å². The van der Waals surface area contributed by atoms with Crippen LogP contribution in [0.2, 0.25) is 0 Å². The molecule has 1 fully saturated rings. The van der Waals surface area contributed by atoms with Crippen LogP contribution < -0.4 is 0 Å². The first-order valence-electron chi connectivity index (χ1n) is 7.02. The van der Waals surface area contributed by atoms with E-state index < -0.39 is 0 Å². The van der Waals surface area contributed by atoms with Gasteiger partial charge < -0.3 is 9.84 Å². The average molecular weight is 248 g/mol. The molecule has 0 bridgehead atoms. The van der Waals surface area contributed by atoms with E-state index in [2.05, 4.69) is 18.2 Å². The Hall–Kier alpha value is -0.860. The summed E-state index contributed by atoms with van der Waals surface area (Å²) in [6, 6.07) is 8.38. The van der Waals surface area contributed by atoms with Crippen LogP contribution in [0.25, 0.3) is 0 Å². The summed E-state index contributed by atoms with van der Waals surface area (Å²) in [6.45, 7) is 2.05. The minimum atomic E-state index is -0.348. The lowest BCUT2D eigenvalue weighted by atomic mass is 9.77. The van der Waals surface area contributed by atoms with Crippen LogP contribution in [0, 0.1) is 0 Å². The van der Waals surface area contributed by atoms with Crippen LogP contribution in [0.5, 0.6) is 0 Å². The highest BCUT2D eigenvalue weighted by atomic mass is 16.5. The van der Waals surface area contributed by atoms with Crippen molar-refractivity contribution in [2.45, 2.75) is 57.2 Å². The molecule has 2 heteroatoms. The van der Waals surface area contributed by atoms with Crippen molar-refractivity contribution in [2.75, 3.05) is 7.11 Å². The van der Waals surface area contributed by atoms with Crippen molar-refractivity contribution in [1.82, 2.24) is 0 Å². The molecule has 1 aromatic rings. The van der Waals surface area contributed by atoms with Gasteiger partial charge in [0.05, 0.1) is 12.2 Å². The third kappa shape index (κ3) is 3.12. The van der Waals surface area contributed by atoms with Gasteiger partial charge in [0.2, 0.25) is 0 Å². The van der Waals surface area contributed by atoms with Gasteiger partial charge in [0, 0.05) is 7.11 Å². The molecule has 18 heavy (non-hydrogen) atoms. The molecule has 0 radical (unpaired) electrons. The first-order valence-corrected chi connectivity index (χ1v) is 7.02. The van der Waals surface area contributed by atoms with Crippen LogP contribution in [-0.2, 0) is 4.74 Å². The van der Waals surface area contributed by atoms with Crippen LogP contribution in [0.3, 0.4) is 0 Å². The quantitative estimate of drug-likeness (QED) is 0.829. The largest absolute Gasteiger partial charge is 0.388 e. The van der Waals surface area contributed by atoms with Gasteiger partial charge in [0.1, 0.15) is 0 Å². The Balaban J connectivity index is 2.02. The molecule has 2 rings (SSSR count). The summed E-state index contributed by atoms with van der Waals surface area (Å²) in [7, 11) is 1.72. The van der Waals surface area contributed by atoms with Crippen molar-refractivity contribution in [3.05, 3.63) is 35.4 Å². The molecule has 1 aliphatic rings. The van der Waals surface area contributed by atoms with Crippen molar-refractivity contribution >= 4 is 0 Å². The molecule has 2 unspecified atom stereocenters. The summed E-state index contributed by atoms with van der Waals surface area (Å²) in [4.78, 5) is 0. The normalized spacial score (nSPS) is 19.3. The topological polar surface area (TPSA) is 29.5 Å². The third-order valence-electron chi connectivity index (χ3n) is 4.15. The lowest BCUT2D eigenvalue weighted by Gasteiger charge is -2.29. The average Bonchev–Trinajstić information content (AvgIpc) is 2.34. The fourth-order valence-corrected chi connectivity index (χ4v) is 2.57. The number of hydrogen-bond donors (Lipinski definition) is 1. The van der Waals surface area contributed by atoms with E-state index in [0.717, 1.165) is 18.4 Å². The van der Waals surface area contributed by atoms with Crippen LogP contribution >= 0.6 is 0 Å². The Morgan fingerprint density at radius 3 is 2.61 bits per heavy atom. The summed E-state index contributed by atoms with van der Waals surface area (Å²) < 4.78 is 5.24. The highest BCUT2D eigenvalue weighted by molar-refractivity contribution is 5.33. The van der Waals surface area contributed by atoms with Crippen molar-refractivity contribution in [2.24, 2.45) is 0 Å². The highest BCUT2D eigenvalue weighted by Gasteiger charge is 2.24. The first kappa shape index (κ1) is 13.6. The van der Waals surface area contributed by atoms with Gasteiger partial charge in [-0.25, -0.2) is 0 Å². The van der Waals surface area contributed by atoms with Crippen LogP contribution in [0.15, 0.2) is 24.3 Å². The molecule has 0 amide bonds. The number of hydrogen-bond acceptors (Lipinski definition) is 2. The molecule has 100 valence electrons. The zero-order valence-electron chi connectivity index (χ0n) is 11.4. The fraction of sp³-hybridized carbons (Fsp3) is 0.625. The molecular weight excluding hydrogens is 224 g/mol. The second kappa shape index (κ2) is 6.35. The first-order chi connectivity index (χ1) is 8.72. The second-order valence-electron chi connectivity index (χ2n) is 5.40. The van der Waals surface area contributed by atoms with E-state index >= 15 is 0 Å². The zero-order valence-corrected chi connectivity index (χ0v) is 11.4. The summed E-state index contributed by atoms with van der Waals surface area (Å²) >= 11 is 0. The molecule has 0 aromatic heterocycles. The number of aliphatic hydroxyl groups excluding tert-OH is 1. The van der Waals surface area contributed by atoms with Gasteiger partial charge in [0.15, 0.2) is 0 Å². The molecule has 2 atom stereocenters. The molecular formula is C16H24O2. The van der Waals surface area contributed by atoms with E-state index in [1.54, 1.807) is 7.11 Å². The Kier molecular flexibility index (Phi) is 4.79. The number of methoxy groups -OCH3 is 1. The lowest BCUT2D eigenvalue weighted by molar-refractivity contribution is 0.0846. The molecule has 0 saturated heterocycles. The number of ether oxygens (including phenoxy) is 1. The molecule has 1 N–H and O–H groups in total. The van der Waals surface area contributed by atoms with Crippen LogP contribution in [-0.4, -0.2) is 18.3 Å². The summed E-state index contributed by atoms with van der Waals surface area (Å²) in [5.74, 6) is 0.677. The number of aliphatic hydroxyl groups is 1. The molecule has 2 nitrogen and oxygen atoms in total. The number of benzene rings is 1. The van der Waals surface area contributed by atoms with Crippen LogP contribution in [0.4, 0.5) is 0 Å². The van der Waals surface area contributed by atoms with E-state index in [1.165, 1.54) is 24.8 Å². The van der Waals surface area contributed by atoms with E-state index in [-0.39, 0.29) is 12.2 Å². The minimum absolute atomic E-state index is 0.218. The van der Waals surface area contributed by atoms with Crippen molar-refractivity contribution in [3.63, 3.8) is 0 Å².